The molecule has 0 N–H and O–H groups in total. The minimum Gasteiger partial charge on any atom is -0.272 e. The van der Waals surface area contributed by atoms with E-state index in [2.05, 4.69) is 41.2 Å². The third-order valence-electron chi connectivity index (χ3n) is 2.34. The van der Waals surface area contributed by atoms with Crippen LogP contribution in [0.2, 0.25) is 0 Å². The number of rotatable bonds is 1. The Morgan fingerprint density at radius 1 is 1.23 bits per heavy atom. The minimum atomic E-state index is 0.381. The predicted molar refractivity (Wildman–Crippen MR) is 55.7 cm³/mol. The van der Waals surface area contributed by atoms with Crippen molar-refractivity contribution in [1.29, 1.82) is 0 Å². The van der Waals surface area contributed by atoms with Crippen LogP contribution in [-0.2, 0) is 0 Å². The number of benzene rings is 1. The predicted octanol–water partition coefficient (Wildman–Crippen LogP) is 2.27. The quantitative estimate of drug-likeness (QED) is 0.621. The molecule has 1 aromatic carbocycles. The van der Waals surface area contributed by atoms with E-state index in [9.17, 15) is 0 Å². The van der Waals surface area contributed by atoms with Crippen LogP contribution >= 0.6 is 0 Å². The van der Waals surface area contributed by atoms with E-state index in [0.717, 1.165) is 12.3 Å². The van der Waals surface area contributed by atoms with Gasteiger partial charge in [0.2, 0.25) is 0 Å². The van der Waals surface area contributed by atoms with Crippen molar-refractivity contribution in [3.63, 3.8) is 0 Å². The van der Waals surface area contributed by atoms with E-state index in [1.165, 1.54) is 5.56 Å². The molecule has 2 heteroatoms. The molecule has 0 bridgehead atoms. The fraction of sp³-hybridized carbons (Fsp3) is 0.273. The second-order valence-electron chi connectivity index (χ2n) is 3.21. The molecule has 66 valence electrons. The van der Waals surface area contributed by atoms with Crippen LogP contribution in [0.4, 0.5) is 0 Å². The molecule has 1 atom stereocenters. The van der Waals surface area contributed by atoms with Gasteiger partial charge < -0.3 is 0 Å². The molecule has 0 fully saturated rings. The summed E-state index contributed by atoms with van der Waals surface area (Å²) in [6.07, 6.45) is 1.65. The smallest absolute Gasteiger partial charge is 0.109 e. The first-order chi connectivity index (χ1) is 6.38. The van der Waals surface area contributed by atoms with Gasteiger partial charge in [0.15, 0.2) is 0 Å². The first-order valence-electron chi connectivity index (χ1n) is 4.45. The van der Waals surface area contributed by atoms with Crippen molar-refractivity contribution in [3.05, 3.63) is 35.9 Å². The van der Waals surface area contributed by atoms with Crippen LogP contribution in [0.25, 0.3) is 0 Å². The van der Waals surface area contributed by atoms with Crippen molar-refractivity contribution >= 4 is 12.1 Å². The molecule has 2 nitrogen and oxygen atoms in total. The maximum atomic E-state index is 4.21. The summed E-state index contributed by atoms with van der Waals surface area (Å²) in [6, 6.07) is 10.4. The zero-order chi connectivity index (χ0) is 9.10. The molecule has 0 spiro atoms. The topological polar surface area (TPSA) is 24.7 Å². The molecule has 1 aliphatic heterocycles. The van der Waals surface area contributed by atoms with E-state index in [1.54, 1.807) is 6.34 Å². The van der Waals surface area contributed by atoms with Gasteiger partial charge in [-0.25, -0.2) is 4.99 Å². The van der Waals surface area contributed by atoms with Crippen LogP contribution in [0.15, 0.2) is 40.3 Å². The van der Waals surface area contributed by atoms with Crippen LogP contribution in [0.3, 0.4) is 0 Å². The van der Waals surface area contributed by atoms with Gasteiger partial charge in [0.1, 0.15) is 6.34 Å². The number of hydrogen-bond donors (Lipinski definition) is 0. The van der Waals surface area contributed by atoms with Gasteiger partial charge in [0.05, 0.1) is 6.54 Å². The fourth-order valence-corrected chi connectivity index (χ4v) is 1.54. The summed E-state index contributed by atoms with van der Waals surface area (Å²) in [7, 11) is 0. The second kappa shape index (κ2) is 3.52. The van der Waals surface area contributed by atoms with Gasteiger partial charge in [0, 0.05) is 11.6 Å². The van der Waals surface area contributed by atoms with Gasteiger partial charge in [-0.1, -0.05) is 30.3 Å². The highest BCUT2D eigenvalue weighted by Gasteiger charge is 2.15. The first kappa shape index (κ1) is 8.17. The lowest BCUT2D eigenvalue weighted by Crippen LogP contribution is -2.15. The van der Waals surface area contributed by atoms with Gasteiger partial charge >= 0.3 is 0 Å². The highest BCUT2D eigenvalue weighted by molar-refractivity contribution is 5.95. The standard InChI is InChI=1S/C11H12N2/c1-9-11(7-12-8-13-9)10-5-3-2-4-6-10/h2-6,8,11H,7H2,1H3. The van der Waals surface area contributed by atoms with E-state index < -0.39 is 0 Å². The Balaban J connectivity index is 2.28. The largest absolute Gasteiger partial charge is 0.272 e. The highest BCUT2D eigenvalue weighted by atomic mass is 14.9. The molecule has 0 aliphatic carbocycles. The van der Waals surface area contributed by atoms with E-state index in [1.807, 2.05) is 6.07 Å². The molecular weight excluding hydrogens is 160 g/mol. The molecule has 2 rings (SSSR count). The molecule has 1 aromatic rings. The number of aliphatic imine (C=N–C) groups is 2. The van der Waals surface area contributed by atoms with Crippen LogP contribution in [0.1, 0.15) is 18.4 Å². The summed E-state index contributed by atoms with van der Waals surface area (Å²) in [4.78, 5) is 8.39. The number of hydrogen-bond acceptors (Lipinski definition) is 2. The second-order valence-corrected chi connectivity index (χ2v) is 3.21. The van der Waals surface area contributed by atoms with Crippen molar-refractivity contribution in [2.45, 2.75) is 12.8 Å². The number of nitrogens with zero attached hydrogens (tertiary/aromatic N) is 2. The third-order valence-corrected chi connectivity index (χ3v) is 2.34. The monoisotopic (exact) mass is 172 g/mol. The lowest BCUT2D eigenvalue weighted by molar-refractivity contribution is 0.875. The molecule has 0 amide bonds. The summed E-state index contributed by atoms with van der Waals surface area (Å²) in [6.45, 7) is 2.89. The van der Waals surface area contributed by atoms with E-state index in [-0.39, 0.29) is 0 Å². The molecule has 1 unspecified atom stereocenters. The van der Waals surface area contributed by atoms with Gasteiger partial charge in [-0.3, -0.25) is 4.99 Å². The normalized spacial score (nSPS) is 21.3. The van der Waals surface area contributed by atoms with Gasteiger partial charge in [-0.15, -0.1) is 0 Å². The molecule has 0 saturated carbocycles. The molecule has 13 heavy (non-hydrogen) atoms. The van der Waals surface area contributed by atoms with E-state index in [0.29, 0.717) is 5.92 Å². The Labute approximate surface area is 78.0 Å². The van der Waals surface area contributed by atoms with Crippen molar-refractivity contribution in [2.75, 3.05) is 6.54 Å². The average Bonchev–Trinajstić information content (AvgIpc) is 2.20. The average molecular weight is 172 g/mol. The Morgan fingerprint density at radius 3 is 2.69 bits per heavy atom. The highest BCUT2D eigenvalue weighted by Crippen LogP contribution is 2.19. The Kier molecular flexibility index (Phi) is 2.21. The molecule has 1 aliphatic rings. The lowest BCUT2D eigenvalue weighted by Gasteiger charge is -2.16. The Morgan fingerprint density at radius 2 is 2.00 bits per heavy atom. The molecule has 0 saturated heterocycles. The van der Waals surface area contributed by atoms with Crippen molar-refractivity contribution in [2.24, 2.45) is 9.98 Å². The minimum absolute atomic E-state index is 0.381. The van der Waals surface area contributed by atoms with Crippen LogP contribution in [0, 0.1) is 0 Å². The lowest BCUT2D eigenvalue weighted by atomic mass is 9.94. The van der Waals surface area contributed by atoms with Gasteiger partial charge in [-0.2, -0.15) is 0 Å². The van der Waals surface area contributed by atoms with Crippen molar-refractivity contribution in [1.82, 2.24) is 0 Å². The molecule has 0 aromatic heterocycles. The SMILES string of the molecule is CC1=NC=NCC1c1ccccc1. The summed E-state index contributed by atoms with van der Waals surface area (Å²) in [5.74, 6) is 0.381. The molecular formula is C11H12N2. The van der Waals surface area contributed by atoms with Gasteiger partial charge in [0.25, 0.3) is 0 Å². The van der Waals surface area contributed by atoms with E-state index in [4.69, 9.17) is 0 Å². The third kappa shape index (κ3) is 1.66. The van der Waals surface area contributed by atoms with Crippen molar-refractivity contribution < 1.29 is 0 Å². The summed E-state index contributed by atoms with van der Waals surface area (Å²) in [5.41, 5.74) is 2.46. The summed E-state index contributed by atoms with van der Waals surface area (Å²) < 4.78 is 0. The van der Waals surface area contributed by atoms with Crippen LogP contribution in [0.5, 0.6) is 0 Å². The summed E-state index contributed by atoms with van der Waals surface area (Å²) in [5, 5.41) is 0. The summed E-state index contributed by atoms with van der Waals surface area (Å²) >= 11 is 0. The van der Waals surface area contributed by atoms with Crippen LogP contribution < -0.4 is 0 Å². The maximum absolute atomic E-state index is 4.21. The zero-order valence-electron chi connectivity index (χ0n) is 7.64. The molecule has 1 heterocycles. The van der Waals surface area contributed by atoms with Crippen LogP contribution in [-0.4, -0.2) is 18.6 Å². The van der Waals surface area contributed by atoms with Crippen molar-refractivity contribution in [3.8, 4) is 0 Å². The maximum Gasteiger partial charge on any atom is 0.109 e. The molecule has 0 radical (unpaired) electrons. The Bertz CT molecular complexity index is 338. The van der Waals surface area contributed by atoms with Gasteiger partial charge in [-0.05, 0) is 12.5 Å². The van der Waals surface area contributed by atoms with E-state index >= 15 is 0 Å². The Hall–Kier alpha value is -1.44. The fourth-order valence-electron chi connectivity index (χ4n) is 1.54. The zero-order valence-corrected chi connectivity index (χ0v) is 7.64. The first-order valence-corrected chi connectivity index (χ1v) is 4.45.